The van der Waals surface area contributed by atoms with Gasteiger partial charge in [0.2, 0.25) is 0 Å². The molecule has 4 aromatic rings. The zero-order valence-electron chi connectivity index (χ0n) is 19.5. The van der Waals surface area contributed by atoms with Crippen LogP contribution in [0.4, 0.5) is 0 Å². The third kappa shape index (κ3) is 2.99. The van der Waals surface area contributed by atoms with E-state index in [-0.39, 0.29) is 16.8 Å². The van der Waals surface area contributed by atoms with Crippen molar-refractivity contribution in [1.82, 2.24) is 3.97 Å². The molecular formula is C29H25NO4S. The van der Waals surface area contributed by atoms with E-state index in [0.29, 0.717) is 6.61 Å². The summed E-state index contributed by atoms with van der Waals surface area (Å²) in [5, 5.41) is 0. The summed E-state index contributed by atoms with van der Waals surface area (Å²) >= 11 is 0. The molecule has 6 heteroatoms. The summed E-state index contributed by atoms with van der Waals surface area (Å²) in [6, 6.07) is 24.7. The van der Waals surface area contributed by atoms with E-state index in [1.807, 2.05) is 68.4 Å². The van der Waals surface area contributed by atoms with Crippen molar-refractivity contribution < 1.29 is 17.9 Å². The lowest BCUT2D eigenvalue weighted by Crippen LogP contribution is -2.20. The third-order valence-corrected chi connectivity index (χ3v) is 9.06. The molecule has 0 aliphatic heterocycles. The summed E-state index contributed by atoms with van der Waals surface area (Å²) in [7, 11) is -3.81. The van der Waals surface area contributed by atoms with Crippen molar-refractivity contribution in [2.75, 3.05) is 6.61 Å². The van der Waals surface area contributed by atoms with Gasteiger partial charge in [0.1, 0.15) is 0 Å². The first-order valence-electron chi connectivity index (χ1n) is 11.8. The topological polar surface area (TPSA) is 65.4 Å². The summed E-state index contributed by atoms with van der Waals surface area (Å²) in [5.41, 5.74) is 5.00. The van der Waals surface area contributed by atoms with E-state index in [0.717, 1.165) is 33.4 Å². The summed E-state index contributed by atoms with van der Waals surface area (Å²) in [5.74, 6) is -0.797. The standard InChI is InChI=1S/C29H25NO4S/c1-3-34-28(31)27-26-23-12-8-7-11-22(23)24-17-30(35(32,33)21-15-13-19(2)14-16-21)18-25(24)29(26,27)20-9-5-4-6-10-20/h4-18,26-27H,3H2,1-2H3/t26-,27+,29-/m1/s1. The molecule has 0 amide bonds. The summed E-state index contributed by atoms with van der Waals surface area (Å²) in [4.78, 5) is 13.5. The first kappa shape index (κ1) is 21.9. The molecule has 3 aromatic carbocycles. The van der Waals surface area contributed by atoms with E-state index in [2.05, 4.69) is 0 Å². The predicted octanol–water partition coefficient (Wildman–Crippen LogP) is 5.28. The van der Waals surface area contributed by atoms with Crippen LogP contribution in [0.3, 0.4) is 0 Å². The Morgan fingerprint density at radius 2 is 1.60 bits per heavy atom. The molecule has 2 aliphatic carbocycles. The molecule has 0 bridgehead atoms. The van der Waals surface area contributed by atoms with Crippen LogP contribution in [0.5, 0.6) is 0 Å². The van der Waals surface area contributed by atoms with Crippen molar-refractivity contribution >= 4 is 16.0 Å². The van der Waals surface area contributed by atoms with Crippen LogP contribution >= 0.6 is 0 Å². The number of benzene rings is 3. The maximum absolute atomic E-state index is 13.6. The molecule has 3 atom stereocenters. The lowest BCUT2D eigenvalue weighted by molar-refractivity contribution is -0.145. The Bertz CT molecular complexity index is 1550. The normalized spacial score (nSPS) is 22.0. The number of nitrogens with zero attached hydrogens (tertiary/aromatic N) is 1. The number of aryl methyl sites for hydroxylation is 1. The van der Waals surface area contributed by atoms with Gasteiger partial charge in [0, 0.05) is 29.3 Å². The van der Waals surface area contributed by atoms with Gasteiger partial charge in [0.25, 0.3) is 10.0 Å². The van der Waals surface area contributed by atoms with Crippen LogP contribution in [0, 0.1) is 12.8 Å². The van der Waals surface area contributed by atoms with Crippen LogP contribution in [0.15, 0.2) is 96.2 Å². The minimum Gasteiger partial charge on any atom is -0.466 e. The van der Waals surface area contributed by atoms with Crippen LogP contribution < -0.4 is 0 Å². The zero-order chi connectivity index (χ0) is 24.4. The predicted molar refractivity (Wildman–Crippen MR) is 134 cm³/mol. The molecular weight excluding hydrogens is 458 g/mol. The quantitative estimate of drug-likeness (QED) is 0.363. The van der Waals surface area contributed by atoms with Gasteiger partial charge in [-0.25, -0.2) is 12.4 Å². The van der Waals surface area contributed by atoms with E-state index < -0.39 is 21.4 Å². The Balaban J connectivity index is 1.62. The molecule has 0 saturated heterocycles. The number of fused-ring (bicyclic) bond motifs is 6. The molecule has 35 heavy (non-hydrogen) atoms. The van der Waals surface area contributed by atoms with Gasteiger partial charge in [0.05, 0.1) is 17.4 Å². The molecule has 1 heterocycles. The van der Waals surface area contributed by atoms with E-state index in [9.17, 15) is 13.2 Å². The molecule has 5 nitrogen and oxygen atoms in total. The number of hydrogen-bond acceptors (Lipinski definition) is 4. The number of hydrogen-bond donors (Lipinski definition) is 0. The Morgan fingerprint density at radius 3 is 2.31 bits per heavy atom. The van der Waals surface area contributed by atoms with Gasteiger partial charge >= 0.3 is 5.97 Å². The fourth-order valence-electron chi connectivity index (χ4n) is 5.89. The number of esters is 1. The van der Waals surface area contributed by atoms with Crippen molar-refractivity contribution in [1.29, 1.82) is 0 Å². The Labute approximate surface area is 205 Å². The third-order valence-electron chi connectivity index (χ3n) is 7.43. The second-order valence-corrected chi connectivity index (χ2v) is 11.1. The molecule has 0 N–H and O–H groups in total. The van der Waals surface area contributed by atoms with Crippen LogP contribution in [-0.2, 0) is 25.0 Å². The molecule has 1 fully saturated rings. The largest absolute Gasteiger partial charge is 0.466 e. The summed E-state index contributed by atoms with van der Waals surface area (Å²) in [6.45, 7) is 4.03. The maximum atomic E-state index is 13.6. The molecule has 176 valence electrons. The first-order chi connectivity index (χ1) is 16.9. The molecule has 6 rings (SSSR count). The fourth-order valence-corrected chi connectivity index (χ4v) is 7.10. The Morgan fingerprint density at radius 1 is 0.914 bits per heavy atom. The average molecular weight is 484 g/mol. The maximum Gasteiger partial charge on any atom is 0.310 e. The fraction of sp³-hybridized carbons (Fsp3) is 0.207. The SMILES string of the molecule is CCOC(=O)[C@@H]1[C@H]2c3ccccc3-c3cn(S(=O)(=O)c4ccc(C)cc4)cc3[C@@]12c1ccccc1. The lowest BCUT2D eigenvalue weighted by atomic mass is 9.76. The van der Waals surface area contributed by atoms with Crippen molar-refractivity contribution in [3.05, 3.63) is 114 Å². The molecule has 2 aliphatic rings. The van der Waals surface area contributed by atoms with Crippen LogP contribution in [0.25, 0.3) is 11.1 Å². The Hall–Kier alpha value is -3.64. The number of carbonyl (C=O) groups is 1. The molecule has 1 aromatic heterocycles. The van der Waals surface area contributed by atoms with Crippen molar-refractivity contribution in [2.24, 2.45) is 5.92 Å². The Kier molecular flexibility index (Phi) is 4.80. The van der Waals surface area contributed by atoms with E-state index in [1.165, 1.54) is 3.97 Å². The first-order valence-corrected chi connectivity index (χ1v) is 13.2. The van der Waals surface area contributed by atoms with Gasteiger partial charge in [-0.05, 0) is 48.2 Å². The van der Waals surface area contributed by atoms with Gasteiger partial charge < -0.3 is 4.74 Å². The van der Waals surface area contributed by atoms with Crippen molar-refractivity contribution in [3.8, 4) is 11.1 Å². The van der Waals surface area contributed by atoms with Crippen LogP contribution in [0.1, 0.15) is 35.1 Å². The second kappa shape index (κ2) is 7.68. The molecule has 0 spiro atoms. The highest BCUT2D eigenvalue weighted by molar-refractivity contribution is 7.90. The minimum absolute atomic E-state index is 0.120. The highest BCUT2D eigenvalue weighted by atomic mass is 32.2. The van der Waals surface area contributed by atoms with Crippen molar-refractivity contribution in [3.63, 3.8) is 0 Å². The van der Waals surface area contributed by atoms with Crippen LogP contribution in [0.2, 0.25) is 0 Å². The van der Waals surface area contributed by atoms with Gasteiger partial charge in [-0.1, -0.05) is 72.3 Å². The monoisotopic (exact) mass is 483 g/mol. The lowest BCUT2D eigenvalue weighted by Gasteiger charge is -2.25. The molecule has 1 saturated carbocycles. The highest BCUT2D eigenvalue weighted by Gasteiger charge is 2.73. The average Bonchev–Trinajstić information content (AvgIpc) is 3.37. The van der Waals surface area contributed by atoms with Gasteiger partial charge in [-0.3, -0.25) is 4.79 Å². The minimum atomic E-state index is -3.81. The zero-order valence-corrected chi connectivity index (χ0v) is 20.3. The number of rotatable bonds is 5. The van der Waals surface area contributed by atoms with Crippen molar-refractivity contribution in [2.45, 2.75) is 30.1 Å². The molecule has 0 radical (unpaired) electrons. The summed E-state index contributed by atoms with van der Waals surface area (Å²) in [6.07, 6.45) is 3.41. The van der Waals surface area contributed by atoms with Gasteiger partial charge in [-0.15, -0.1) is 0 Å². The molecule has 0 unspecified atom stereocenters. The van der Waals surface area contributed by atoms with E-state index >= 15 is 0 Å². The van der Waals surface area contributed by atoms with E-state index in [4.69, 9.17) is 4.74 Å². The number of ether oxygens (including phenoxy) is 1. The second-order valence-electron chi connectivity index (χ2n) is 9.26. The highest BCUT2D eigenvalue weighted by Crippen LogP contribution is 2.74. The van der Waals surface area contributed by atoms with E-state index in [1.54, 1.807) is 36.7 Å². The van der Waals surface area contributed by atoms with Crippen LogP contribution in [-0.4, -0.2) is 25.0 Å². The van der Waals surface area contributed by atoms with Gasteiger partial charge in [0.15, 0.2) is 0 Å². The smallest absolute Gasteiger partial charge is 0.310 e. The number of aromatic nitrogens is 1. The van der Waals surface area contributed by atoms with Gasteiger partial charge in [-0.2, -0.15) is 0 Å². The summed E-state index contributed by atoms with van der Waals surface area (Å²) < 4.78 is 34.1. The number of carbonyl (C=O) groups excluding carboxylic acids is 1.